The molecule has 100 valence electrons. The summed E-state index contributed by atoms with van der Waals surface area (Å²) in [6.07, 6.45) is 11.3. The lowest BCUT2D eigenvalue weighted by atomic mass is 10.0. The molecule has 1 heterocycles. The van der Waals surface area contributed by atoms with E-state index in [2.05, 4.69) is 31.3 Å². The summed E-state index contributed by atoms with van der Waals surface area (Å²) in [7, 11) is 0. The van der Waals surface area contributed by atoms with Crippen LogP contribution in [0.5, 0.6) is 0 Å². The number of hydrogen-bond donors (Lipinski definition) is 0. The Morgan fingerprint density at radius 3 is 2.39 bits per heavy atom. The SMILES string of the molecule is C=C=Cc1onc(CCCCC)c1CCCCC. The molecule has 0 bridgehead atoms. The van der Waals surface area contributed by atoms with Crippen LogP contribution in [0.25, 0.3) is 6.08 Å². The van der Waals surface area contributed by atoms with E-state index < -0.39 is 0 Å². The highest BCUT2D eigenvalue weighted by Crippen LogP contribution is 2.20. The largest absolute Gasteiger partial charge is 0.356 e. The minimum atomic E-state index is 0.854. The summed E-state index contributed by atoms with van der Waals surface area (Å²) in [5.41, 5.74) is 5.20. The fourth-order valence-electron chi connectivity index (χ4n) is 2.12. The van der Waals surface area contributed by atoms with Gasteiger partial charge in [-0.3, -0.25) is 0 Å². The first kappa shape index (κ1) is 14.8. The zero-order chi connectivity index (χ0) is 13.2. The minimum Gasteiger partial charge on any atom is -0.356 e. The van der Waals surface area contributed by atoms with Crippen molar-refractivity contribution in [1.82, 2.24) is 5.16 Å². The lowest BCUT2D eigenvalue weighted by Gasteiger charge is -2.02. The van der Waals surface area contributed by atoms with Gasteiger partial charge in [-0.05, 0) is 25.7 Å². The molecule has 0 amide bonds. The lowest BCUT2D eigenvalue weighted by molar-refractivity contribution is 0.403. The summed E-state index contributed by atoms with van der Waals surface area (Å²) in [4.78, 5) is 0. The van der Waals surface area contributed by atoms with Gasteiger partial charge in [0.2, 0.25) is 0 Å². The Kier molecular flexibility index (Phi) is 7.20. The Hall–Kier alpha value is -1.27. The average Bonchev–Trinajstić information content (AvgIpc) is 2.74. The molecule has 2 nitrogen and oxygen atoms in total. The first-order valence-corrected chi connectivity index (χ1v) is 7.16. The minimum absolute atomic E-state index is 0.854. The lowest BCUT2D eigenvalue weighted by Crippen LogP contribution is -1.94. The molecule has 1 aromatic rings. The molecule has 0 unspecified atom stereocenters. The molecule has 1 rings (SSSR count). The standard InChI is InChI=1S/C16H25NO/c1-4-7-9-12-14-15(13-10-8-5-2)17-18-16(14)11-6-3/h11H,3-5,7-10,12-13H2,1-2H3. The van der Waals surface area contributed by atoms with E-state index in [-0.39, 0.29) is 0 Å². The number of nitrogens with zero attached hydrogens (tertiary/aromatic N) is 1. The average molecular weight is 247 g/mol. The van der Waals surface area contributed by atoms with Crippen molar-refractivity contribution >= 4 is 6.08 Å². The quantitative estimate of drug-likeness (QED) is 0.456. The van der Waals surface area contributed by atoms with Crippen molar-refractivity contribution in [2.45, 2.75) is 65.2 Å². The van der Waals surface area contributed by atoms with Crippen LogP contribution in [-0.2, 0) is 12.8 Å². The predicted octanol–water partition coefficient (Wildman–Crippen LogP) is 4.94. The van der Waals surface area contributed by atoms with E-state index in [1.807, 2.05) is 0 Å². The van der Waals surface area contributed by atoms with Crippen LogP contribution in [0.1, 0.15) is 69.4 Å². The van der Waals surface area contributed by atoms with Gasteiger partial charge in [-0.2, -0.15) is 0 Å². The second-order valence-corrected chi connectivity index (χ2v) is 4.73. The summed E-state index contributed by atoms with van der Waals surface area (Å²) in [6.45, 7) is 8.05. The van der Waals surface area contributed by atoms with Crippen LogP contribution >= 0.6 is 0 Å². The molecule has 18 heavy (non-hydrogen) atoms. The highest BCUT2D eigenvalue weighted by Gasteiger charge is 2.13. The third-order valence-corrected chi connectivity index (χ3v) is 3.18. The maximum Gasteiger partial charge on any atom is 0.170 e. The van der Waals surface area contributed by atoms with Crippen LogP contribution < -0.4 is 0 Å². The molecule has 0 atom stereocenters. The van der Waals surface area contributed by atoms with Crippen molar-refractivity contribution in [3.63, 3.8) is 0 Å². The smallest absolute Gasteiger partial charge is 0.170 e. The summed E-state index contributed by atoms with van der Waals surface area (Å²) in [6, 6.07) is 0. The van der Waals surface area contributed by atoms with Gasteiger partial charge < -0.3 is 4.52 Å². The van der Waals surface area contributed by atoms with Crippen LogP contribution in [0.4, 0.5) is 0 Å². The Balaban J connectivity index is 2.71. The van der Waals surface area contributed by atoms with Gasteiger partial charge in [-0.1, -0.05) is 51.3 Å². The maximum atomic E-state index is 5.39. The van der Waals surface area contributed by atoms with Crippen molar-refractivity contribution < 1.29 is 4.52 Å². The van der Waals surface area contributed by atoms with Crippen molar-refractivity contribution in [3.05, 3.63) is 29.3 Å². The molecular weight excluding hydrogens is 222 g/mol. The Morgan fingerprint density at radius 2 is 1.78 bits per heavy atom. The molecule has 0 fully saturated rings. The van der Waals surface area contributed by atoms with E-state index in [1.54, 1.807) is 6.08 Å². The van der Waals surface area contributed by atoms with Crippen molar-refractivity contribution in [2.75, 3.05) is 0 Å². The molecule has 0 aromatic carbocycles. The van der Waals surface area contributed by atoms with Crippen LogP contribution in [0.3, 0.4) is 0 Å². The number of hydrogen-bond acceptors (Lipinski definition) is 2. The zero-order valence-corrected chi connectivity index (χ0v) is 11.8. The predicted molar refractivity (Wildman–Crippen MR) is 76.6 cm³/mol. The topological polar surface area (TPSA) is 26.0 Å². The molecule has 0 saturated carbocycles. The van der Waals surface area contributed by atoms with Gasteiger partial charge in [0.25, 0.3) is 0 Å². The molecule has 0 aliphatic rings. The second-order valence-electron chi connectivity index (χ2n) is 4.73. The van der Waals surface area contributed by atoms with E-state index in [9.17, 15) is 0 Å². The fraction of sp³-hybridized carbons (Fsp3) is 0.625. The Labute approximate surface area is 111 Å². The number of aromatic nitrogens is 1. The highest BCUT2D eigenvalue weighted by atomic mass is 16.5. The summed E-state index contributed by atoms with van der Waals surface area (Å²) in [5.74, 6) is 0.854. The Bertz CT molecular complexity index is 386. The molecule has 0 aliphatic carbocycles. The molecule has 0 N–H and O–H groups in total. The summed E-state index contributed by atoms with van der Waals surface area (Å²) in [5, 5.41) is 4.21. The molecule has 2 heteroatoms. The van der Waals surface area contributed by atoms with E-state index in [0.29, 0.717) is 0 Å². The van der Waals surface area contributed by atoms with Gasteiger partial charge in [-0.15, -0.1) is 5.73 Å². The zero-order valence-electron chi connectivity index (χ0n) is 11.8. The van der Waals surface area contributed by atoms with E-state index in [1.165, 1.54) is 44.1 Å². The summed E-state index contributed by atoms with van der Waals surface area (Å²) < 4.78 is 5.39. The molecule has 0 saturated heterocycles. The summed E-state index contributed by atoms with van der Waals surface area (Å²) >= 11 is 0. The van der Waals surface area contributed by atoms with E-state index in [4.69, 9.17) is 4.52 Å². The van der Waals surface area contributed by atoms with Gasteiger partial charge in [0.1, 0.15) is 0 Å². The van der Waals surface area contributed by atoms with E-state index >= 15 is 0 Å². The van der Waals surface area contributed by atoms with Crippen LogP contribution in [0.15, 0.2) is 16.8 Å². The number of rotatable bonds is 9. The fourth-order valence-corrected chi connectivity index (χ4v) is 2.12. The number of unbranched alkanes of at least 4 members (excludes halogenated alkanes) is 4. The van der Waals surface area contributed by atoms with Crippen LogP contribution in [0.2, 0.25) is 0 Å². The van der Waals surface area contributed by atoms with E-state index in [0.717, 1.165) is 24.3 Å². The van der Waals surface area contributed by atoms with Gasteiger partial charge in [0.15, 0.2) is 5.76 Å². The van der Waals surface area contributed by atoms with Gasteiger partial charge >= 0.3 is 0 Å². The maximum absolute atomic E-state index is 5.39. The Morgan fingerprint density at radius 1 is 1.11 bits per heavy atom. The molecule has 0 spiro atoms. The third kappa shape index (κ3) is 4.54. The molecule has 0 radical (unpaired) electrons. The third-order valence-electron chi connectivity index (χ3n) is 3.18. The van der Waals surface area contributed by atoms with Crippen molar-refractivity contribution in [2.24, 2.45) is 0 Å². The normalized spacial score (nSPS) is 10.3. The molecule has 0 aliphatic heterocycles. The molecule has 1 aromatic heterocycles. The van der Waals surface area contributed by atoms with Gasteiger partial charge in [0.05, 0.1) is 5.69 Å². The first-order chi connectivity index (χ1) is 8.83. The monoisotopic (exact) mass is 247 g/mol. The van der Waals surface area contributed by atoms with Crippen molar-refractivity contribution in [3.8, 4) is 0 Å². The number of aryl methyl sites for hydroxylation is 1. The second kappa shape index (κ2) is 8.77. The highest BCUT2D eigenvalue weighted by molar-refractivity contribution is 5.47. The van der Waals surface area contributed by atoms with Gasteiger partial charge in [-0.25, -0.2) is 0 Å². The van der Waals surface area contributed by atoms with Crippen LogP contribution in [0, 0.1) is 0 Å². The van der Waals surface area contributed by atoms with Gasteiger partial charge in [0, 0.05) is 11.6 Å². The molecular formula is C16H25NO. The van der Waals surface area contributed by atoms with Crippen molar-refractivity contribution in [1.29, 1.82) is 0 Å². The van der Waals surface area contributed by atoms with Crippen LogP contribution in [-0.4, -0.2) is 5.16 Å². The first-order valence-electron chi connectivity index (χ1n) is 7.16.